The maximum atomic E-state index is 9.05. The minimum absolute atomic E-state index is 0.137. The summed E-state index contributed by atoms with van der Waals surface area (Å²) in [7, 11) is 0. The molecule has 0 aromatic rings. The molecule has 0 spiro atoms. The van der Waals surface area contributed by atoms with Crippen molar-refractivity contribution in [1.29, 1.82) is 5.26 Å². The highest BCUT2D eigenvalue weighted by Crippen LogP contribution is 2.35. The predicted molar refractivity (Wildman–Crippen MR) is 75.2 cm³/mol. The lowest BCUT2D eigenvalue weighted by Crippen LogP contribution is -2.47. The van der Waals surface area contributed by atoms with E-state index < -0.39 is 0 Å². The zero-order chi connectivity index (χ0) is 13.0. The average Bonchev–Trinajstić information content (AvgIpc) is 2.39. The van der Waals surface area contributed by atoms with E-state index in [4.69, 9.17) is 5.26 Å². The van der Waals surface area contributed by atoms with Crippen molar-refractivity contribution >= 4 is 0 Å². The molecule has 1 aliphatic carbocycles. The van der Waals surface area contributed by atoms with Crippen molar-refractivity contribution in [2.75, 3.05) is 13.1 Å². The fraction of sp³-hybridized carbons (Fsp3) is 0.938. The van der Waals surface area contributed by atoms with Crippen molar-refractivity contribution in [2.45, 2.75) is 71.3 Å². The number of piperidine rings is 1. The molecule has 1 aliphatic heterocycles. The van der Waals surface area contributed by atoms with Crippen LogP contribution in [0.15, 0.2) is 0 Å². The summed E-state index contributed by atoms with van der Waals surface area (Å²) in [5, 5.41) is 9.05. The van der Waals surface area contributed by atoms with Gasteiger partial charge in [-0.15, -0.1) is 0 Å². The predicted octanol–water partition coefficient (Wildman–Crippen LogP) is 3.97. The first-order chi connectivity index (χ1) is 8.62. The first kappa shape index (κ1) is 13.9. The van der Waals surface area contributed by atoms with E-state index in [0.29, 0.717) is 0 Å². The van der Waals surface area contributed by atoms with E-state index in [1.807, 2.05) is 0 Å². The molecule has 102 valence electrons. The molecule has 0 amide bonds. The molecule has 1 saturated heterocycles. The topological polar surface area (TPSA) is 27.0 Å². The van der Waals surface area contributed by atoms with Crippen molar-refractivity contribution < 1.29 is 0 Å². The van der Waals surface area contributed by atoms with Gasteiger partial charge in [0.15, 0.2) is 0 Å². The second-order valence-electron chi connectivity index (χ2n) is 6.89. The number of rotatable bonds is 4. The van der Waals surface area contributed by atoms with Gasteiger partial charge in [0, 0.05) is 6.04 Å². The monoisotopic (exact) mass is 248 g/mol. The summed E-state index contributed by atoms with van der Waals surface area (Å²) in [6, 6.07) is 3.29. The highest BCUT2D eigenvalue weighted by molar-refractivity contribution is 4.92. The molecule has 1 heterocycles. The third-order valence-electron chi connectivity index (χ3n) is 4.91. The van der Waals surface area contributed by atoms with Crippen LogP contribution in [0.2, 0.25) is 0 Å². The van der Waals surface area contributed by atoms with E-state index >= 15 is 0 Å². The van der Waals surface area contributed by atoms with Crippen molar-refractivity contribution in [3.63, 3.8) is 0 Å². The van der Waals surface area contributed by atoms with Gasteiger partial charge in [-0.3, -0.25) is 0 Å². The molecule has 2 heteroatoms. The summed E-state index contributed by atoms with van der Waals surface area (Å²) in [6.45, 7) is 6.64. The number of hydrogen-bond acceptors (Lipinski definition) is 2. The lowest BCUT2D eigenvalue weighted by atomic mass is 9.78. The van der Waals surface area contributed by atoms with Crippen molar-refractivity contribution in [3.05, 3.63) is 0 Å². The molecule has 0 N–H and O–H groups in total. The van der Waals surface area contributed by atoms with E-state index in [-0.39, 0.29) is 5.41 Å². The van der Waals surface area contributed by atoms with E-state index in [2.05, 4.69) is 24.8 Å². The van der Waals surface area contributed by atoms with Gasteiger partial charge < -0.3 is 4.90 Å². The van der Waals surface area contributed by atoms with Crippen molar-refractivity contribution in [2.24, 2.45) is 11.3 Å². The van der Waals surface area contributed by atoms with Gasteiger partial charge in [-0.1, -0.05) is 12.8 Å². The summed E-state index contributed by atoms with van der Waals surface area (Å²) in [5.41, 5.74) is -0.137. The Morgan fingerprint density at radius 2 is 1.89 bits per heavy atom. The lowest BCUT2D eigenvalue weighted by molar-refractivity contribution is 0.0582. The molecule has 2 atom stereocenters. The third-order valence-corrected chi connectivity index (χ3v) is 4.91. The van der Waals surface area contributed by atoms with Crippen LogP contribution in [-0.4, -0.2) is 24.0 Å². The van der Waals surface area contributed by atoms with Crippen molar-refractivity contribution in [1.82, 2.24) is 4.90 Å². The molecular weight excluding hydrogens is 220 g/mol. The van der Waals surface area contributed by atoms with Crippen LogP contribution >= 0.6 is 0 Å². The van der Waals surface area contributed by atoms with Gasteiger partial charge in [0.1, 0.15) is 0 Å². The van der Waals surface area contributed by atoms with Crippen LogP contribution in [-0.2, 0) is 0 Å². The Morgan fingerprint density at radius 3 is 2.67 bits per heavy atom. The molecule has 18 heavy (non-hydrogen) atoms. The SMILES string of the molecule is CC(C)(C#N)CCCN1CCC[C@H]2CCCC[C@H]21. The second kappa shape index (κ2) is 6.06. The van der Waals surface area contributed by atoms with E-state index in [1.54, 1.807) is 0 Å². The first-order valence-electron chi connectivity index (χ1n) is 7.78. The van der Waals surface area contributed by atoms with Gasteiger partial charge in [-0.05, 0) is 71.4 Å². The number of nitriles is 1. The first-order valence-corrected chi connectivity index (χ1v) is 7.78. The average molecular weight is 248 g/mol. The van der Waals surface area contributed by atoms with E-state index in [1.165, 1.54) is 58.0 Å². The molecule has 0 aromatic carbocycles. The zero-order valence-corrected chi connectivity index (χ0v) is 12.1. The summed E-state index contributed by atoms with van der Waals surface area (Å²) in [6.07, 6.45) is 10.9. The Hall–Kier alpha value is -0.550. The largest absolute Gasteiger partial charge is 0.300 e. The number of nitrogens with zero attached hydrogens (tertiary/aromatic N) is 2. The minimum Gasteiger partial charge on any atom is -0.300 e. The lowest BCUT2D eigenvalue weighted by Gasteiger charge is -2.44. The maximum absolute atomic E-state index is 9.05. The summed E-state index contributed by atoms with van der Waals surface area (Å²) >= 11 is 0. The van der Waals surface area contributed by atoms with Crippen LogP contribution in [0.25, 0.3) is 0 Å². The van der Waals surface area contributed by atoms with Gasteiger partial charge in [-0.2, -0.15) is 5.26 Å². The summed E-state index contributed by atoms with van der Waals surface area (Å²) in [5.74, 6) is 0.983. The molecule has 2 rings (SSSR count). The van der Waals surface area contributed by atoms with Gasteiger partial charge in [0.05, 0.1) is 11.5 Å². The molecule has 0 radical (unpaired) electrons. The number of likely N-dealkylation sites (tertiary alicyclic amines) is 1. The Labute approximate surface area is 112 Å². The van der Waals surface area contributed by atoms with Crippen LogP contribution in [0.4, 0.5) is 0 Å². The van der Waals surface area contributed by atoms with Crippen LogP contribution in [0.3, 0.4) is 0 Å². The maximum Gasteiger partial charge on any atom is 0.0683 e. The Morgan fingerprint density at radius 1 is 1.17 bits per heavy atom. The summed E-state index contributed by atoms with van der Waals surface area (Å²) in [4.78, 5) is 2.74. The third kappa shape index (κ3) is 3.48. The molecule has 1 saturated carbocycles. The summed E-state index contributed by atoms with van der Waals surface area (Å²) < 4.78 is 0. The molecular formula is C16H28N2. The number of hydrogen-bond donors (Lipinski definition) is 0. The zero-order valence-electron chi connectivity index (χ0n) is 12.1. The highest BCUT2D eigenvalue weighted by Gasteiger charge is 2.32. The molecule has 2 nitrogen and oxygen atoms in total. The van der Waals surface area contributed by atoms with E-state index in [9.17, 15) is 0 Å². The second-order valence-corrected chi connectivity index (χ2v) is 6.89. The Balaban J connectivity index is 1.79. The fourth-order valence-electron chi connectivity index (χ4n) is 3.79. The van der Waals surface area contributed by atoms with Crippen LogP contribution in [0, 0.1) is 22.7 Å². The quantitative estimate of drug-likeness (QED) is 0.752. The van der Waals surface area contributed by atoms with Crippen LogP contribution < -0.4 is 0 Å². The minimum atomic E-state index is -0.137. The van der Waals surface area contributed by atoms with Gasteiger partial charge in [0.2, 0.25) is 0 Å². The normalized spacial score (nSPS) is 29.6. The van der Waals surface area contributed by atoms with Gasteiger partial charge in [-0.25, -0.2) is 0 Å². The van der Waals surface area contributed by atoms with Crippen LogP contribution in [0.5, 0.6) is 0 Å². The molecule has 0 unspecified atom stereocenters. The molecule has 2 aliphatic rings. The van der Waals surface area contributed by atoms with Gasteiger partial charge in [0.25, 0.3) is 0 Å². The standard InChI is InChI=1S/C16H28N2/c1-16(2,13-17)10-6-12-18-11-5-8-14-7-3-4-9-15(14)18/h14-15H,3-12H2,1-2H3/t14-,15-/m1/s1. The highest BCUT2D eigenvalue weighted by atomic mass is 15.2. The van der Waals surface area contributed by atoms with Crippen LogP contribution in [0.1, 0.15) is 65.2 Å². The Bertz CT molecular complexity index is 301. The smallest absolute Gasteiger partial charge is 0.0683 e. The van der Waals surface area contributed by atoms with Gasteiger partial charge >= 0.3 is 0 Å². The van der Waals surface area contributed by atoms with E-state index in [0.717, 1.165) is 18.4 Å². The Kier molecular flexibility index (Phi) is 4.67. The number of fused-ring (bicyclic) bond motifs is 1. The molecule has 0 aromatic heterocycles. The van der Waals surface area contributed by atoms with Crippen molar-refractivity contribution in [3.8, 4) is 6.07 Å². The molecule has 0 bridgehead atoms. The fourth-order valence-corrected chi connectivity index (χ4v) is 3.79. The molecule has 2 fully saturated rings.